The van der Waals surface area contributed by atoms with Gasteiger partial charge in [0.25, 0.3) is 5.91 Å². The van der Waals surface area contributed by atoms with Gasteiger partial charge in [0.05, 0.1) is 11.7 Å². The number of likely N-dealkylation sites (tertiary alicyclic amines) is 1. The maximum absolute atomic E-state index is 13.0. The minimum absolute atomic E-state index is 0.00764. The molecule has 1 aliphatic heterocycles. The molecular formula is C17H19FN2O2. The molecule has 0 spiro atoms. The summed E-state index contributed by atoms with van der Waals surface area (Å²) in [6, 6.07) is 8.01. The smallest absolute Gasteiger partial charge is 0.292 e. The van der Waals surface area contributed by atoms with E-state index in [4.69, 9.17) is 4.52 Å². The Morgan fingerprint density at radius 2 is 2.14 bits per heavy atom. The minimum atomic E-state index is -0.269. The molecule has 1 aromatic carbocycles. The van der Waals surface area contributed by atoms with Crippen molar-refractivity contribution in [2.45, 2.75) is 32.7 Å². The van der Waals surface area contributed by atoms with Gasteiger partial charge >= 0.3 is 0 Å². The Bertz CT molecular complexity index is 664. The third-order valence-corrected chi connectivity index (χ3v) is 3.92. The number of amides is 1. The third kappa shape index (κ3) is 2.89. The molecule has 0 bridgehead atoms. The van der Waals surface area contributed by atoms with Gasteiger partial charge < -0.3 is 9.42 Å². The normalized spacial score (nSPS) is 17.6. The van der Waals surface area contributed by atoms with E-state index in [0.717, 1.165) is 24.1 Å². The van der Waals surface area contributed by atoms with Crippen LogP contribution in [0.25, 0.3) is 0 Å². The Kier molecular flexibility index (Phi) is 3.96. The maximum atomic E-state index is 13.0. The van der Waals surface area contributed by atoms with Crippen molar-refractivity contribution in [2.75, 3.05) is 6.54 Å². The molecule has 1 saturated heterocycles. The molecule has 1 aromatic heterocycles. The van der Waals surface area contributed by atoms with Crippen molar-refractivity contribution in [1.82, 2.24) is 10.1 Å². The molecule has 5 heteroatoms. The summed E-state index contributed by atoms with van der Waals surface area (Å²) < 4.78 is 18.2. The lowest BCUT2D eigenvalue weighted by Gasteiger charge is -2.40. The van der Waals surface area contributed by atoms with Crippen LogP contribution in [0.2, 0.25) is 0 Å². The van der Waals surface area contributed by atoms with Crippen LogP contribution in [0.3, 0.4) is 0 Å². The van der Waals surface area contributed by atoms with Crippen LogP contribution in [0, 0.1) is 11.7 Å². The van der Waals surface area contributed by atoms with Gasteiger partial charge in [0.2, 0.25) is 5.76 Å². The van der Waals surface area contributed by atoms with E-state index < -0.39 is 0 Å². The van der Waals surface area contributed by atoms with Gasteiger partial charge in [-0.05, 0) is 36.5 Å². The first-order valence-electron chi connectivity index (χ1n) is 7.56. The van der Waals surface area contributed by atoms with E-state index in [1.807, 2.05) is 0 Å². The number of nitrogens with zero attached hydrogens (tertiary/aromatic N) is 2. The molecule has 22 heavy (non-hydrogen) atoms. The van der Waals surface area contributed by atoms with E-state index in [2.05, 4.69) is 19.0 Å². The fourth-order valence-electron chi connectivity index (χ4n) is 2.73. The summed E-state index contributed by atoms with van der Waals surface area (Å²) in [5, 5.41) is 3.96. The zero-order valence-electron chi connectivity index (χ0n) is 12.8. The molecule has 1 aliphatic rings. The Hall–Kier alpha value is -2.17. The monoisotopic (exact) mass is 302 g/mol. The summed E-state index contributed by atoms with van der Waals surface area (Å²) in [6.07, 6.45) is 1.67. The molecule has 4 nitrogen and oxygen atoms in total. The third-order valence-electron chi connectivity index (χ3n) is 3.92. The highest BCUT2D eigenvalue weighted by atomic mass is 19.1. The number of hydrogen-bond acceptors (Lipinski definition) is 3. The van der Waals surface area contributed by atoms with Crippen LogP contribution < -0.4 is 0 Å². The molecule has 2 heterocycles. The number of rotatable bonds is 4. The van der Waals surface area contributed by atoms with Crippen molar-refractivity contribution in [1.29, 1.82) is 0 Å². The number of carbonyl (C=O) groups is 1. The van der Waals surface area contributed by atoms with E-state index in [-0.39, 0.29) is 23.5 Å². The Morgan fingerprint density at radius 1 is 1.41 bits per heavy atom. The predicted octanol–water partition coefficient (Wildman–Crippen LogP) is 3.60. The van der Waals surface area contributed by atoms with Gasteiger partial charge in [-0.1, -0.05) is 31.1 Å². The average Bonchev–Trinajstić information content (AvgIpc) is 2.87. The van der Waals surface area contributed by atoms with Crippen molar-refractivity contribution in [2.24, 2.45) is 5.92 Å². The van der Waals surface area contributed by atoms with Gasteiger partial charge in [-0.15, -0.1) is 0 Å². The molecule has 1 unspecified atom stereocenters. The number of benzene rings is 1. The van der Waals surface area contributed by atoms with Crippen molar-refractivity contribution in [3.8, 4) is 0 Å². The highest BCUT2D eigenvalue weighted by Gasteiger charge is 2.35. The van der Waals surface area contributed by atoms with Crippen molar-refractivity contribution in [3.63, 3.8) is 0 Å². The highest BCUT2D eigenvalue weighted by Crippen LogP contribution is 2.34. The molecular weight excluding hydrogens is 283 g/mol. The topological polar surface area (TPSA) is 46.3 Å². The van der Waals surface area contributed by atoms with E-state index in [1.54, 1.807) is 23.1 Å². The quantitative estimate of drug-likeness (QED) is 0.867. The van der Waals surface area contributed by atoms with Gasteiger partial charge in [-0.3, -0.25) is 4.79 Å². The number of carbonyl (C=O) groups excluding carboxylic acids is 1. The molecule has 0 radical (unpaired) electrons. The number of halogens is 1. The summed E-state index contributed by atoms with van der Waals surface area (Å²) in [4.78, 5) is 14.2. The summed E-state index contributed by atoms with van der Waals surface area (Å²) in [5.41, 5.74) is 1.75. The second kappa shape index (κ2) is 5.91. The van der Waals surface area contributed by atoms with Crippen LogP contribution in [0.1, 0.15) is 48.1 Å². The summed E-state index contributed by atoms with van der Waals surface area (Å²) >= 11 is 0. The first-order valence-corrected chi connectivity index (χ1v) is 7.56. The lowest BCUT2D eigenvalue weighted by atomic mass is 9.94. The molecule has 0 saturated carbocycles. The first-order chi connectivity index (χ1) is 10.5. The van der Waals surface area contributed by atoms with Crippen LogP contribution in [0.15, 0.2) is 34.9 Å². The van der Waals surface area contributed by atoms with Gasteiger partial charge in [-0.25, -0.2) is 4.39 Å². The van der Waals surface area contributed by atoms with Crippen LogP contribution in [0.5, 0.6) is 0 Å². The fourth-order valence-corrected chi connectivity index (χ4v) is 2.73. The van der Waals surface area contributed by atoms with Crippen LogP contribution >= 0.6 is 0 Å². The molecule has 0 N–H and O–H groups in total. The van der Waals surface area contributed by atoms with Crippen LogP contribution in [-0.2, 0) is 6.42 Å². The van der Waals surface area contributed by atoms with Crippen molar-refractivity contribution in [3.05, 3.63) is 53.2 Å². The minimum Gasteiger partial charge on any atom is -0.351 e. The van der Waals surface area contributed by atoms with E-state index >= 15 is 0 Å². The molecule has 1 fully saturated rings. The summed E-state index contributed by atoms with van der Waals surface area (Å²) in [5.74, 6) is 0.323. The average molecular weight is 302 g/mol. The molecule has 1 amide bonds. The van der Waals surface area contributed by atoms with Crippen LogP contribution in [-0.4, -0.2) is 22.5 Å². The Labute approximate surface area is 128 Å². The number of hydrogen-bond donors (Lipinski definition) is 0. The molecule has 2 aromatic rings. The van der Waals surface area contributed by atoms with Gasteiger partial charge in [-0.2, -0.15) is 0 Å². The largest absolute Gasteiger partial charge is 0.351 e. The fraction of sp³-hybridized carbons (Fsp3) is 0.412. The lowest BCUT2D eigenvalue weighted by Crippen LogP contribution is -2.45. The summed E-state index contributed by atoms with van der Waals surface area (Å²) in [6.45, 7) is 4.87. The van der Waals surface area contributed by atoms with Crippen molar-refractivity contribution < 1.29 is 13.7 Å². The van der Waals surface area contributed by atoms with E-state index in [1.165, 1.54) is 12.1 Å². The summed E-state index contributed by atoms with van der Waals surface area (Å²) in [7, 11) is 0. The molecule has 3 rings (SSSR count). The maximum Gasteiger partial charge on any atom is 0.292 e. The second-order valence-electron chi connectivity index (χ2n) is 6.14. The molecule has 1 atom stereocenters. The Balaban J connectivity index is 1.72. The zero-order chi connectivity index (χ0) is 15.7. The number of aromatic nitrogens is 1. The van der Waals surface area contributed by atoms with Gasteiger partial charge in [0.15, 0.2) is 0 Å². The standard InChI is InChI=1S/C17H19FN2O2/c1-11(2)9-14-10-16(22-19-14)17(21)20-8-7-15(20)12-3-5-13(18)6-4-12/h3-6,10-11,15H,7-9H2,1-2H3. The van der Waals surface area contributed by atoms with Crippen LogP contribution in [0.4, 0.5) is 4.39 Å². The SMILES string of the molecule is CC(C)Cc1cc(C(=O)N2CCC2c2ccc(F)cc2)on1. The molecule has 0 aliphatic carbocycles. The second-order valence-corrected chi connectivity index (χ2v) is 6.14. The Morgan fingerprint density at radius 3 is 2.73 bits per heavy atom. The highest BCUT2D eigenvalue weighted by molar-refractivity contribution is 5.92. The van der Waals surface area contributed by atoms with Crippen molar-refractivity contribution >= 4 is 5.91 Å². The molecule has 116 valence electrons. The lowest BCUT2D eigenvalue weighted by molar-refractivity contribution is 0.0418. The first kappa shape index (κ1) is 14.8. The van der Waals surface area contributed by atoms with Gasteiger partial charge in [0.1, 0.15) is 5.82 Å². The van der Waals surface area contributed by atoms with E-state index in [9.17, 15) is 9.18 Å². The zero-order valence-corrected chi connectivity index (χ0v) is 12.8. The van der Waals surface area contributed by atoms with Gasteiger partial charge in [0, 0.05) is 12.6 Å². The predicted molar refractivity (Wildman–Crippen MR) is 79.8 cm³/mol. The van der Waals surface area contributed by atoms with E-state index in [0.29, 0.717) is 12.5 Å².